The van der Waals surface area contributed by atoms with E-state index >= 15 is 0 Å². The SMILES string of the molecule is CC(C)(C)c1ccc(Cn2c(=O)c(C3=NS(=O)(=O)c4ccccc4N3)c(O)c3cccnc32)cc1. The van der Waals surface area contributed by atoms with Gasteiger partial charge in [0, 0.05) is 6.20 Å². The van der Waals surface area contributed by atoms with E-state index in [9.17, 15) is 18.3 Å². The lowest BCUT2D eigenvalue weighted by Crippen LogP contribution is -2.33. The standard InChI is InChI=1S/C26H24N4O4S/c1-26(2,3)17-12-10-16(11-13-17)15-30-24-18(7-6-14-27-24)22(31)21(25(30)32)23-28-19-8-4-5-9-20(19)35(33,34)29-23/h4-14,31H,15H2,1-3H3,(H,28,29). The van der Waals surface area contributed by atoms with E-state index in [1.54, 1.807) is 30.3 Å². The Morgan fingerprint density at radius 1 is 1.00 bits per heavy atom. The molecular weight excluding hydrogens is 464 g/mol. The van der Waals surface area contributed by atoms with Crippen molar-refractivity contribution in [1.29, 1.82) is 0 Å². The summed E-state index contributed by atoms with van der Waals surface area (Å²) in [6.45, 7) is 6.56. The lowest BCUT2D eigenvalue weighted by atomic mass is 9.87. The number of anilines is 1. The highest BCUT2D eigenvalue weighted by Crippen LogP contribution is 2.32. The molecule has 2 aromatic carbocycles. The summed E-state index contributed by atoms with van der Waals surface area (Å²) < 4.78 is 30.9. The van der Waals surface area contributed by atoms with Gasteiger partial charge in [0.25, 0.3) is 15.6 Å². The number of aromatic nitrogens is 2. The molecule has 35 heavy (non-hydrogen) atoms. The van der Waals surface area contributed by atoms with Crippen molar-refractivity contribution in [3.8, 4) is 5.75 Å². The molecule has 1 aliphatic heterocycles. The van der Waals surface area contributed by atoms with Gasteiger partial charge in [-0.05, 0) is 40.8 Å². The molecule has 8 nitrogen and oxygen atoms in total. The summed E-state index contributed by atoms with van der Waals surface area (Å²) in [6.07, 6.45) is 1.54. The highest BCUT2D eigenvalue weighted by molar-refractivity contribution is 7.90. The molecule has 0 fully saturated rings. The third-order valence-electron chi connectivity index (χ3n) is 6.02. The van der Waals surface area contributed by atoms with Crippen LogP contribution in [-0.2, 0) is 22.0 Å². The first kappa shape index (κ1) is 22.8. The number of fused-ring (bicyclic) bond motifs is 2. The van der Waals surface area contributed by atoms with Gasteiger partial charge in [-0.15, -0.1) is 4.40 Å². The average molecular weight is 489 g/mol. The van der Waals surface area contributed by atoms with Gasteiger partial charge in [0.05, 0.1) is 17.6 Å². The fourth-order valence-electron chi connectivity index (χ4n) is 4.14. The lowest BCUT2D eigenvalue weighted by Gasteiger charge is -2.21. The normalized spacial score (nSPS) is 14.8. The summed E-state index contributed by atoms with van der Waals surface area (Å²) in [5.74, 6) is -0.605. The highest BCUT2D eigenvalue weighted by Gasteiger charge is 2.30. The molecule has 0 spiro atoms. The maximum Gasteiger partial charge on any atom is 0.286 e. The third kappa shape index (κ3) is 3.97. The van der Waals surface area contributed by atoms with E-state index < -0.39 is 15.6 Å². The van der Waals surface area contributed by atoms with Crippen molar-refractivity contribution in [1.82, 2.24) is 9.55 Å². The number of rotatable bonds is 3. The summed E-state index contributed by atoms with van der Waals surface area (Å²) in [5, 5.41) is 14.3. The number of aromatic hydroxyl groups is 1. The molecule has 178 valence electrons. The second-order valence-electron chi connectivity index (χ2n) is 9.47. The second kappa shape index (κ2) is 8.06. The maximum atomic E-state index is 13.7. The van der Waals surface area contributed by atoms with Gasteiger partial charge in [-0.3, -0.25) is 9.36 Å². The Balaban J connectivity index is 1.69. The van der Waals surface area contributed by atoms with Gasteiger partial charge < -0.3 is 10.4 Å². The van der Waals surface area contributed by atoms with Crippen LogP contribution in [0.4, 0.5) is 5.69 Å². The minimum Gasteiger partial charge on any atom is -0.506 e. The average Bonchev–Trinajstić information content (AvgIpc) is 2.81. The highest BCUT2D eigenvalue weighted by atomic mass is 32.2. The second-order valence-corrected chi connectivity index (χ2v) is 11.0. The summed E-state index contributed by atoms with van der Waals surface area (Å²) in [4.78, 5) is 18.0. The van der Waals surface area contributed by atoms with Crippen LogP contribution >= 0.6 is 0 Å². The molecule has 0 atom stereocenters. The van der Waals surface area contributed by atoms with Gasteiger partial charge in [-0.1, -0.05) is 57.2 Å². The van der Waals surface area contributed by atoms with Gasteiger partial charge in [0.2, 0.25) is 0 Å². The van der Waals surface area contributed by atoms with E-state index in [0.717, 1.165) is 11.1 Å². The number of para-hydroxylation sites is 1. The number of hydrogen-bond acceptors (Lipinski definition) is 6. The number of benzene rings is 2. The molecule has 0 amide bonds. The zero-order valence-electron chi connectivity index (χ0n) is 19.5. The van der Waals surface area contributed by atoms with E-state index in [0.29, 0.717) is 11.0 Å². The van der Waals surface area contributed by atoms with Crippen LogP contribution in [0.15, 0.2) is 80.9 Å². The molecule has 0 unspecified atom stereocenters. The Hall–Kier alpha value is -3.98. The smallest absolute Gasteiger partial charge is 0.286 e. The summed E-state index contributed by atoms with van der Waals surface area (Å²) in [6, 6.07) is 17.5. The van der Waals surface area contributed by atoms with Gasteiger partial charge in [0.15, 0.2) is 5.84 Å². The van der Waals surface area contributed by atoms with Crippen molar-refractivity contribution >= 4 is 32.6 Å². The number of hydrogen-bond donors (Lipinski definition) is 2. The molecule has 0 aliphatic carbocycles. The van der Waals surface area contributed by atoms with Crippen LogP contribution in [0.25, 0.3) is 11.0 Å². The van der Waals surface area contributed by atoms with Crippen molar-refractivity contribution in [3.05, 3.63) is 93.9 Å². The van der Waals surface area contributed by atoms with Crippen LogP contribution in [0, 0.1) is 0 Å². The van der Waals surface area contributed by atoms with E-state index in [1.165, 1.54) is 16.8 Å². The molecule has 2 N–H and O–H groups in total. The van der Waals surface area contributed by atoms with Crippen molar-refractivity contribution < 1.29 is 13.5 Å². The molecule has 2 aromatic heterocycles. The van der Waals surface area contributed by atoms with E-state index in [2.05, 4.69) is 35.5 Å². The Morgan fingerprint density at radius 2 is 1.71 bits per heavy atom. The molecule has 5 rings (SSSR count). The Kier molecular flexibility index (Phi) is 5.25. The van der Waals surface area contributed by atoms with Gasteiger partial charge >= 0.3 is 0 Å². The van der Waals surface area contributed by atoms with Crippen molar-refractivity contribution in [2.75, 3.05) is 5.32 Å². The number of nitrogens with one attached hydrogen (secondary N) is 1. The van der Waals surface area contributed by atoms with Gasteiger partial charge in [0.1, 0.15) is 21.9 Å². The van der Waals surface area contributed by atoms with Crippen LogP contribution in [0.2, 0.25) is 0 Å². The van der Waals surface area contributed by atoms with Crippen LogP contribution in [0.1, 0.15) is 37.5 Å². The van der Waals surface area contributed by atoms with Gasteiger partial charge in [-0.25, -0.2) is 4.98 Å². The summed E-state index contributed by atoms with van der Waals surface area (Å²) in [7, 11) is -4.07. The van der Waals surface area contributed by atoms with Crippen LogP contribution < -0.4 is 10.9 Å². The quantitative estimate of drug-likeness (QED) is 0.451. The number of amidine groups is 1. The fraction of sp³-hybridized carbons (Fsp3) is 0.192. The molecule has 4 aromatic rings. The first-order valence-corrected chi connectivity index (χ1v) is 12.5. The monoisotopic (exact) mass is 488 g/mol. The number of nitrogens with zero attached hydrogens (tertiary/aromatic N) is 3. The zero-order valence-corrected chi connectivity index (χ0v) is 20.3. The Morgan fingerprint density at radius 3 is 2.43 bits per heavy atom. The summed E-state index contributed by atoms with van der Waals surface area (Å²) in [5.41, 5.74) is 1.75. The van der Waals surface area contributed by atoms with E-state index in [4.69, 9.17) is 0 Å². The first-order valence-electron chi connectivity index (χ1n) is 11.1. The largest absolute Gasteiger partial charge is 0.506 e. The zero-order chi connectivity index (χ0) is 25.0. The molecular formula is C26H24N4O4S. The van der Waals surface area contributed by atoms with E-state index in [-0.39, 0.29) is 39.7 Å². The Labute approximate surface area is 202 Å². The third-order valence-corrected chi connectivity index (χ3v) is 7.35. The molecule has 0 saturated carbocycles. The van der Waals surface area contributed by atoms with Crippen LogP contribution in [0.5, 0.6) is 5.75 Å². The predicted octanol–water partition coefficient (Wildman–Crippen LogP) is 4.01. The molecule has 9 heteroatoms. The van der Waals surface area contributed by atoms with E-state index in [1.807, 2.05) is 24.3 Å². The minimum atomic E-state index is -4.07. The topological polar surface area (TPSA) is 114 Å². The number of pyridine rings is 2. The first-order chi connectivity index (χ1) is 16.6. The Bertz CT molecular complexity index is 1660. The predicted molar refractivity (Wildman–Crippen MR) is 136 cm³/mol. The lowest BCUT2D eigenvalue weighted by molar-refractivity contribution is 0.477. The van der Waals surface area contributed by atoms with Gasteiger partial charge in [-0.2, -0.15) is 8.42 Å². The molecule has 0 bridgehead atoms. The summed E-state index contributed by atoms with van der Waals surface area (Å²) >= 11 is 0. The van der Waals surface area contributed by atoms with Crippen molar-refractivity contribution in [2.45, 2.75) is 37.6 Å². The van der Waals surface area contributed by atoms with Crippen LogP contribution in [-0.4, -0.2) is 28.9 Å². The maximum absolute atomic E-state index is 13.7. The minimum absolute atomic E-state index is 0.00459. The molecule has 1 aliphatic rings. The number of sulfonamides is 1. The van der Waals surface area contributed by atoms with Crippen LogP contribution in [0.3, 0.4) is 0 Å². The molecule has 3 heterocycles. The molecule has 0 saturated heterocycles. The molecule has 0 radical (unpaired) electrons. The van der Waals surface area contributed by atoms with Crippen molar-refractivity contribution in [2.24, 2.45) is 4.40 Å². The van der Waals surface area contributed by atoms with Crippen molar-refractivity contribution in [3.63, 3.8) is 0 Å². The fourth-order valence-corrected chi connectivity index (χ4v) is 5.26.